The van der Waals surface area contributed by atoms with E-state index in [2.05, 4.69) is 10.1 Å². The van der Waals surface area contributed by atoms with Crippen molar-refractivity contribution in [1.82, 2.24) is 14.8 Å². The molecule has 0 unspecified atom stereocenters. The SMILES string of the molecule is N#Cc1c(C(F)F)nn(-c2ccc(S(=O)(=O)O)cn2)c1Cl. The van der Waals surface area contributed by atoms with Gasteiger partial charge in [-0.15, -0.1) is 0 Å². The molecule has 2 rings (SSSR count). The summed E-state index contributed by atoms with van der Waals surface area (Å²) in [5.41, 5.74) is -1.30. The van der Waals surface area contributed by atoms with Crippen molar-refractivity contribution in [1.29, 1.82) is 5.26 Å². The molecule has 0 aliphatic carbocycles. The summed E-state index contributed by atoms with van der Waals surface area (Å²) in [5.74, 6) is -0.0872. The smallest absolute Gasteiger partial charge is 0.282 e. The Hall–Kier alpha value is -2.09. The number of pyridine rings is 1. The lowest BCUT2D eigenvalue weighted by Gasteiger charge is -2.02. The van der Waals surface area contributed by atoms with Gasteiger partial charge in [0.15, 0.2) is 11.0 Å². The summed E-state index contributed by atoms with van der Waals surface area (Å²) < 4.78 is 56.8. The number of aromatic nitrogens is 3. The molecular weight excluding hydrogens is 330 g/mol. The zero-order valence-corrected chi connectivity index (χ0v) is 11.5. The first-order valence-corrected chi connectivity index (χ1v) is 6.98. The molecule has 0 aliphatic rings. The van der Waals surface area contributed by atoms with Crippen LogP contribution in [0.3, 0.4) is 0 Å². The second-order valence-electron chi connectivity index (χ2n) is 3.70. The Morgan fingerprint density at radius 2 is 2.10 bits per heavy atom. The fourth-order valence-electron chi connectivity index (χ4n) is 1.47. The predicted octanol–water partition coefficient (Wildman–Crippen LogP) is 1.98. The Kier molecular flexibility index (Phi) is 3.91. The number of rotatable bonds is 3. The fourth-order valence-corrected chi connectivity index (χ4v) is 2.16. The number of hydrogen-bond acceptors (Lipinski definition) is 5. The number of alkyl halides is 2. The van der Waals surface area contributed by atoms with E-state index in [1.54, 1.807) is 0 Å². The van der Waals surface area contributed by atoms with E-state index < -0.39 is 32.7 Å². The van der Waals surface area contributed by atoms with Crippen LogP contribution in [0.4, 0.5) is 8.78 Å². The maximum absolute atomic E-state index is 12.7. The van der Waals surface area contributed by atoms with Crippen molar-refractivity contribution in [3.63, 3.8) is 0 Å². The lowest BCUT2D eigenvalue weighted by atomic mass is 10.3. The van der Waals surface area contributed by atoms with E-state index in [1.807, 2.05) is 0 Å². The first kappa shape index (κ1) is 15.3. The van der Waals surface area contributed by atoms with E-state index in [4.69, 9.17) is 21.4 Å². The Bertz CT molecular complexity index is 827. The standard InChI is InChI=1S/C10H5ClF2N4O3S/c11-9-6(3-14)8(10(12)13)16-17(9)7-2-1-5(4-15-7)21(18,19)20/h1-2,4,10H,(H,18,19,20). The minimum atomic E-state index is -4.43. The highest BCUT2D eigenvalue weighted by atomic mass is 35.5. The molecule has 2 aromatic rings. The summed E-state index contributed by atoms with van der Waals surface area (Å²) >= 11 is 5.77. The summed E-state index contributed by atoms with van der Waals surface area (Å²) in [6.45, 7) is 0. The van der Waals surface area contributed by atoms with E-state index in [-0.39, 0.29) is 11.0 Å². The molecule has 0 spiro atoms. The molecule has 0 bridgehead atoms. The molecule has 21 heavy (non-hydrogen) atoms. The van der Waals surface area contributed by atoms with Gasteiger partial charge in [0.05, 0.1) is 6.20 Å². The molecule has 0 amide bonds. The van der Waals surface area contributed by atoms with Crippen LogP contribution in [0.25, 0.3) is 5.82 Å². The summed E-state index contributed by atoms with van der Waals surface area (Å²) in [5, 5.41) is 11.9. The molecule has 11 heteroatoms. The molecule has 0 saturated carbocycles. The van der Waals surface area contributed by atoms with Crippen molar-refractivity contribution >= 4 is 21.7 Å². The van der Waals surface area contributed by atoms with Crippen molar-refractivity contribution in [3.05, 3.63) is 34.7 Å². The topological polar surface area (TPSA) is 109 Å². The monoisotopic (exact) mass is 334 g/mol. The third-order valence-electron chi connectivity index (χ3n) is 2.41. The van der Waals surface area contributed by atoms with Gasteiger partial charge in [0.1, 0.15) is 22.2 Å². The van der Waals surface area contributed by atoms with Crippen LogP contribution in [-0.2, 0) is 10.1 Å². The zero-order valence-electron chi connectivity index (χ0n) is 9.90. The maximum atomic E-state index is 12.7. The van der Waals surface area contributed by atoms with Gasteiger partial charge in [0.25, 0.3) is 16.5 Å². The maximum Gasteiger partial charge on any atom is 0.296 e. The highest BCUT2D eigenvalue weighted by molar-refractivity contribution is 7.85. The Balaban J connectivity index is 2.56. The van der Waals surface area contributed by atoms with Crippen LogP contribution >= 0.6 is 11.6 Å². The highest BCUT2D eigenvalue weighted by Gasteiger charge is 2.24. The lowest BCUT2D eigenvalue weighted by molar-refractivity contribution is 0.145. The molecule has 0 radical (unpaired) electrons. The van der Waals surface area contributed by atoms with Crippen LogP contribution < -0.4 is 0 Å². The number of hydrogen-bond donors (Lipinski definition) is 1. The molecule has 0 aliphatic heterocycles. The quantitative estimate of drug-likeness (QED) is 0.859. The van der Waals surface area contributed by atoms with Gasteiger partial charge in [-0.1, -0.05) is 11.6 Å². The molecule has 110 valence electrons. The molecule has 0 atom stereocenters. The summed E-state index contributed by atoms with van der Waals surface area (Å²) in [6.07, 6.45) is -2.20. The molecule has 0 aromatic carbocycles. The van der Waals surface area contributed by atoms with Crippen LogP contribution in [-0.4, -0.2) is 27.7 Å². The van der Waals surface area contributed by atoms with E-state index in [1.165, 1.54) is 6.07 Å². The third kappa shape index (κ3) is 2.85. The van der Waals surface area contributed by atoms with Gasteiger partial charge >= 0.3 is 0 Å². The van der Waals surface area contributed by atoms with Gasteiger partial charge in [-0.3, -0.25) is 4.55 Å². The molecule has 0 fully saturated rings. The number of halogens is 3. The summed E-state index contributed by atoms with van der Waals surface area (Å²) in [7, 11) is -4.43. The number of nitrogens with zero attached hydrogens (tertiary/aromatic N) is 4. The average Bonchev–Trinajstić information content (AvgIpc) is 2.75. The van der Waals surface area contributed by atoms with Crippen molar-refractivity contribution in [3.8, 4) is 11.9 Å². The van der Waals surface area contributed by atoms with Crippen LogP contribution in [0.15, 0.2) is 23.2 Å². The molecule has 2 heterocycles. The van der Waals surface area contributed by atoms with Gasteiger partial charge < -0.3 is 0 Å². The van der Waals surface area contributed by atoms with Crippen LogP contribution in [0.2, 0.25) is 5.15 Å². The number of nitriles is 1. The van der Waals surface area contributed by atoms with Gasteiger partial charge in [0, 0.05) is 0 Å². The zero-order chi connectivity index (χ0) is 15.8. The van der Waals surface area contributed by atoms with Crippen molar-refractivity contribution in [2.75, 3.05) is 0 Å². The first-order chi connectivity index (χ1) is 9.75. The van der Waals surface area contributed by atoms with E-state index in [0.29, 0.717) is 0 Å². The van der Waals surface area contributed by atoms with Crippen molar-refractivity contribution in [2.24, 2.45) is 0 Å². The Morgan fingerprint density at radius 3 is 2.48 bits per heavy atom. The Morgan fingerprint density at radius 1 is 1.43 bits per heavy atom. The van der Waals surface area contributed by atoms with E-state index in [0.717, 1.165) is 23.0 Å². The lowest BCUT2D eigenvalue weighted by Crippen LogP contribution is -2.03. The first-order valence-electron chi connectivity index (χ1n) is 5.16. The van der Waals surface area contributed by atoms with Crippen molar-refractivity contribution in [2.45, 2.75) is 11.3 Å². The fraction of sp³-hybridized carbons (Fsp3) is 0.100. The third-order valence-corrected chi connectivity index (χ3v) is 3.60. The van der Waals surface area contributed by atoms with Crippen LogP contribution in [0.5, 0.6) is 0 Å². The van der Waals surface area contributed by atoms with E-state index in [9.17, 15) is 17.2 Å². The summed E-state index contributed by atoms with van der Waals surface area (Å²) in [6, 6.07) is 3.60. The highest BCUT2D eigenvalue weighted by Crippen LogP contribution is 2.28. The van der Waals surface area contributed by atoms with E-state index >= 15 is 0 Å². The van der Waals surface area contributed by atoms with Crippen molar-refractivity contribution < 1.29 is 21.8 Å². The molecule has 1 N–H and O–H groups in total. The van der Waals surface area contributed by atoms with Gasteiger partial charge in [0.2, 0.25) is 0 Å². The van der Waals surface area contributed by atoms with Gasteiger partial charge in [-0.25, -0.2) is 18.4 Å². The minimum absolute atomic E-state index is 0.0872. The normalized spacial score (nSPS) is 11.6. The molecule has 2 aromatic heterocycles. The second-order valence-corrected chi connectivity index (χ2v) is 5.48. The van der Waals surface area contributed by atoms with Gasteiger partial charge in [-0.2, -0.15) is 18.8 Å². The molecule has 0 saturated heterocycles. The predicted molar refractivity (Wildman–Crippen MR) is 65.9 cm³/mol. The van der Waals surface area contributed by atoms with Crippen LogP contribution in [0, 0.1) is 11.3 Å². The minimum Gasteiger partial charge on any atom is -0.282 e. The van der Waals surface area contributed by atoms with Gasteiger partial charge in [-0.05, 0) is 12.1 Å². The van der Waals surface area contributed by atoms with Crippen LogP contribution in [0.1, 0.15) is 17.7 Å². The Labute approximate surface area is 122 Å². The average molecular weight is 335 g/mol. The second kappa shape index (κ2) is 5.36. The summed E-state index contributed by atoms with van der Waals surface area (Å²) in [4.78, 5) is 3.16. The molecule has 7 nitrogen and oxygen atoms in total. The molecular formula is C10H5ClF2N4O3S. The largest absolute Gasteiger partial charge is 0.296 e.